The molecular weight excluding hydrogens is 275 g/mol. The first-order valence-corrected chi connectivity index (χ1v) is 6.91. The lowest BCUT2D eigenvalue weighted by atomic mass is 9.88. The molecule has 0 radical (unpaired) electrons. The molecule has 0 heterocycles. The quantitative estimate of drug-likeness (QED) is 0.843. The molecule has 1 atom stereocenters. The van der Waals surface area contributed by atoms with Crippen LogP contribution in [0.15, 0.2) is 24.3 Å². The predicted molar refractivity (Wildman–Crippen MR) is 80.9 cm³/mol. The van der Waals surface area contributed by atoms with Crippen molar-refractivity contribution in [3.05, 3.63) is 68.5 Å². The number of halogens is 2. The van der Waals surface area contributed by atoms with Crippen molar-refractivity contribution in [2.24, 2.45) is 0 Å². The van der Waals surface area contributed by atoms with Crippen LogP contribution in [-0.4, -0.2) is 5.11 Å². The van der Waals surface area contributed by atoms with Crippen molar-refractivity contribution in [1.82, 2.24) is 0 Å². The molecule has 0 aromatic heterocycles. The van der Waals surface area contributed by atoms with Crippen LogP contribution in [0.1, 0.15) is 39.5 Å². The van der Waals surface area contributed by atoms with Gasteiger partial charge in [0.05, 0.1) is 0 Å². The van der Waals surface area contributed by atoms with E-state index in [4.69, 9.17) is 11.6 Å². The third-order valence-corrected chi connectivity index (χ3v) is 4.19. The van der Waals surface area contributed by atoms with Gasteiger partial charge in [0.1, 0.15) is 11.9 Å². The van der Waals surface area contributed by atoms with Crippen LogP contribution in [0.5, 0.6) is 0 Å². The van der Waals surface area contributed by atoms with E-state index in [-0.39, 0.29) is 5.56 Å². The van der Waals surface area contributed by atoms with Crippen molar-refractivity contribution < 1.29 is 9.50 Å². The summed E-state index contributed by atoms with van der Waals surface area (Å²) in [7, 11) is 0. The average Bonchev–Trinajstić information content (AvgIpc) is 2.39. The fourth-order valence-electron chi connectivity index (χ4n) is 2.54. The minimum Gasteiger partial charge on any atom is -0.384 e. The van der Waals surface area contributed by atoms with E-state index in [1.165, 1.54) is 18.2 Å². The Morgan fingerprint density at radius 2 is 1.55 bits per heavy atom. The van der Waals surface area contributed by atoms with E-state index in [0.717, 1.165) is 27.8 Å². The van der Waals surface area contributed by atoms with E-state index in [0.29, 0.717) is 5.02 Å². The number of hydrogen-bond donors (Lipinski definition) is 1. The summed E-state index contributed by atoms with van der Waals surface area (Å²) in [6.45, 7) is 7.88. The summed E-state index contributed by atoms with van der Waals surface area (Å²) in [6.07, 6.45) is -1.01. The summed E-state index contributed by atoms with van der Waals surface area (Å²) in [6, 6.07) is 6.33. The second-order valence-electron chi connectivity index (χ2n) is 5.24. The van der Waals surface area contributed by atoms with E-state index >= 15 is 0 Å². The number of aryl methyl sites for hydroxylation is 2. The van der Waals surface area contributed by atoms with Gasteiger partial charge in [0.2, 0.25) is 0 Å². The predicted octanol–water partition coefficient (Wildman–Crippen LogP) is 4.79. The van der Waals surface area contributed by atoms with Crippen LogP contribution in [0.2, 0.25) is 5.02 Å². The largest absolute Gasteiger partial charge is 0.384 e. The van der Waals surface area contributed by atoms with Gasteiger partial charge in [-0.15, -0.1) is 0 Å². The molecule has 0 saturated carbocycles. The van der Waals surface area contributed by atoms with Gasteiger partial charge in [-0.1, -0.05) is 17.7 Å². The maximum absolute atomic E-state index is 14.0. The molecule has 0 saturated heterocycles. The van der Waals surface area contributed by atoms with Crippen LogP contribution >= 0.6 is 11.6 Å². The van der Waals surface area contributed by atoms with Crippen molar-refractivity contribution in [2.45, 2.75) is 33.8 Å². The Kier molecular flexibility index (Phi) is 4.17. The molecule has 0 fully saturated rings. The molecule has 2 aromatic carbocycles. The highest BCUT2D eigenvalue weighted by atomic mass is 35.5. The Bertz CT molecular complexity index is 638. The monoisotopic (exact) mass is 292 g/mol. The first kappa shape index (κ1) is 15.0. The number of rotatable bonds is 2. The number of hydrogen-bond acceptors (Lipinski definition) is 1. The normalized spacial score (nSPS) is 12.6. The Morgan fingerprint density at radius 3 is 2.10 bits per heavy atom. The van der Waals surface area contributed by atoms with Crippen molar-refractivity contribution in [1.29, 1.82) is 0 Å². The van der Waals surface area contributed by atoms with Crippen LogP contribution in [0, 0.1) is 33.5 Å². The molecule has 1 N–H and O–H groups in total. The van der Waals surface area contributed by atoms with Gasteiger partial charge in [-0.05, 0) is 73.7 Å². The summed E-state index contributed by atoms with van der Waals surface area (Å²) in [5.41, 5.74) is 5.13. The molecule has 1 unspecified atom stereocenters. The maximum Gasteiger partial charge on any atom is 0.129 e. The summed E-state index contributed by atoms with van der Waals surface area (Å²) >= 11 is 5.91. The van der Waals surface area contributed by atoms with Crippen molar-refractivity contribution in [2.75, 3.05) is 0 Å². The van der Waals surface area contributed by atoms with Gasteiger partial charge in [-0.25, -0.2) is 4.39 Å². The lowest BCUT2D eigenvalue weighted by Gasteiger charge is -2.21. The highest BCUT2D eigenvalue weighted by Gasteiger charge is 2.21. The van der Waals surface area contributed by atoms with Gasteiger partial charge in [0.15, 0.2) is 0 Å². The Morgan fingerprint density at radius 1 is 1.00 bits per heavy atom. The molecule has 0 bridgehead atoms. The highest BCUT2D eigenvalue weighted by molar-refractivity contribution is 6.30. The molecule has 106 valence electrons. The molecule has 3 heteroatoms. The van der Waals surface area contributed by atoms with Gasteiger partial charge in [0.25, 0.3) is 0 Å². The summed E-state index contributed by atoms with van der Waals surface area (Å²) in [4.78, 5) is 0. The van der Waals surface area contributed by atoms with Crippen LogP contribution in [-0.2, 0) is 0 Å². The molecule has 0 amide bonds. The molecular formula is C17H18ClFO. The average molecular weight is 293 g/mol. The number of benzene rings is 2. The van der Waals surface area contributed by atoms with Gasteiger partial charge >= 0.3 is 0 Å². The molecule has 20 heavy (non-hydrogen) atoms. The van der Waals surface area contributed by atoms with Gasteiger partial charge in [-0.2, -0.15) is 0 Å². The van der Waals surface area contributed by atoms with E-state index in [1.54, 1.807) is 0 Å². The fraction of sp³-hybridized carbons (Fsp3) is 0.294. The number of aliphatic hydroxyl groups is 1. The molecule has 2 aromatic rings. The van der Waals surface area contributed by atoms with Gasteiger partial charge < -0.3 is 5.11 Å². The van der Waals surface area contributed by atoms with Crippen LogP contribution in [0.4, 0.5) is 4.39 Å². The van der Waals surface area contributed by atoms with Crippen molar-refractivity contribution in [3.8, 4) is 0 Å². The smallest absolute Gasteiger partial charge is 0.129 e. The van der Waals surface area contributed by atoms with E-state index in [9.17, 15) is 9.50 Å². The first-order valence-electron chi connectivity index (χ1n) is 6.53. The van der Waals surface area contributed by atoms with Gasteiger partial charge in [-0.3, -0.25) is 0 Å². The lowest BCUT2D eigenvalue weighted by Crippen LogP contribution is -2.09. The summed E-state index contributed by atoms with van der Waals surface area (Å²) in [5.74, 6) is -0.445. The highest BCUT2D eigenvalue weighted by Crippen LogP contribution is 2.33. The zero-order chi connectivity index (χ0) is 15.0. The second-order valence-corrected chi connectivity index (χ2v) is 5.68. The third kappa shape index (κ3) is 2.58. The standard InChI is InChI=1S/C17H18ClFO/c1-9-7-10(2)12(4)16(11(9)3)17(20)14-8-13(18)5-6-15(14)19/h5-8,17,20H,1-4H3. The molecule has 0 spiro atoms. The fourth-order valence-corrected chi connectivity index (χ4v) is 2.72. The Balaban J connectivity index is 2.65. The topological polar surface area (TPSA) is 20.2 Å². The molecule has 1 nitrogen and oxygen atoms in total. The first-order chi connectivity index (χ1) is 9.32. The van der Waals surface area contributed by atoms with Crippen LogP contribution in [0.3, 0.4) is 0 Å². The SMILES string of the molecule is Cc1cc(C)c(C)c(C(O)c2cc(Cl)ccc2F)c1C. The lowest BCUT2D eigenvalue weighted by molar-refractivity contribution is 0.213. The third-order valence-electron chi connectivity index (χ3n) is 3.95. The number of aliphatic hydroxyl groups excluding tert-OH is 1. The zero-order valence-corrected chi connectivity index (χ0v) is 12.8. The van der Waals surface area contributed by atoms with E-state index in [2.05, 4.69) is 6.07 Å². The summed E-state index contributed by atoms with van der Waals surface area (Å²) in [5, 5.41) is 11.0. The van der Waals surface area contributed by atoms with Gasteiger partial charge in [0, 0.05) is 10.6 Å². The van der Waals surface area contributed by atoms with Crippen molar-refractivity contribution in [3.63, 3.8) is 0 Å². The Hall–Kier alpha value is -1.38. The van der Waals surface area contributed by atoms with Crippen LogP contribution < -0.4 is 0 Å². The minimum absolute atomic E-state index is 0.216. The molecule has 0 aliphatic heterocycles. The summed E-state index contributed by atoms with van der Waals surface area (Å²) < 4.78 is 14.0. The van der Waals surface area contributed by atoms with E-state index < -0.39 is 11.9 Å². The minimum atomic E-state index is -1.01. The molecule has 0 aliphatic rings. The Labute approximate surface area is 124 Å². The molecule has 0 aliphatic carbocycles. The van der Waals surface area contributed by atoms with Crippen LogP contribution in [0.25, 0.3) is 0 Å². The second kappa shape index (κ2) is 5.55. The zero-order valence-electron chi connectivity index (χ0n) is 12.1. The molecule has 2 rings (SSSR count). The van der Waals surface area contributed by atoms with Crippen molar-refractivity contribution >= 4 is 11.6 Å². The maximum atomic E-state index is 14.0. The van der Waals surface area contributed by atoms with E-state index in [1.807, 2.05) is 27.7 Å².